The fourth-order valence-corrected chi connectivity index (χ4v) is 5.72. The van der Waals surface area contributed by atoms with Gasteiger partial charge in [0.2, 0.25) is 11.8 Å². The Morgan fingerprint density at radius 3 is 2.02 bits per heavy atom. The van der Waals surface area contributed by atoms with Crippen molar-refractivity contribution in [2.75, 3.05) is 46.3 Å². The Balaban J connectivity index is 2.17. The molecule has 0 bridgehead atoms. The standard InChI is InChI=1S/C30H37N3O8S/c1-20-8-10-22(11-9-20)18-32(21(2)30(35)31-3)29(34)19-33(25-16-23(38-4)12-14-26(25)39-5)42(36,37)24-13-15-27(40-6)28(17-24)41-7/h8-17,21H,18-19H2,1-7H3,(H,31,35). The van der Waals surface area contributed by atoms with Crippen LogP contribution in [0.1, 0.15) is 18.1 Å². The number of methoxy groups -OCH3 is 4. The third-order valence-electron chi connectivity index (χ3n) is 6.76. The van der Waals surface area contributed by atoms with Crippen LogP contribution in [0.25, 0.3) is 0 Å². The highest BCUT2D eigenvalue weighted by Gasteiger charge is 2.34. The molecule has 0 aliphatic rings. The maximum absolute atomic E-state index is 14.3. The summed E-state index contributed by atoms with van der Waals surface area (Å²) >= 11 is 0. The number of amides is 2. The van der Waals surface area contributed by atoms with E-state index >= 15 is 0 Å². The molecule has 0 fully saturated rings. The Hall–Kier alpha value is -4.45. The number of nitrogens with one attached hydrogen (secondary N) is 1. The molecule has 0 radical (unpaired) electrons. The predicted octanol–water partition coefficient (Wildman–Crippen LogP) is 3.39. The van der Waals surface area contributed by atoms with Gasteiger partial charge in [-0.25, -0.2) is 8.42 Å². The molecule has 3 aromatic carbocycles. The Kier molecular flexibility index (Phi) is 10.6. The van der Waals surface area contributed by atoms with Gasteiger partial charge in [0.25, 0.3) is 10.0 Å². The lowest BCUT2D eigenvalue weighted by Crippen LogP contribution is -2.50. The van der Waals surface area contributed by atoms with E-state index in [1.807, 2.05) is 31.2 Å². The first kappa shape index (κ1) is 32.1. The molecular weight excluding hydrogens is 562 g/mol. The highest BCUT2D eigenvalue weighted by molar-refractivity contribution is 7.92. The molecule has 3 aromatic rings. The van der Waals surface area contributed by atoms with Crippen LogP contribution in [0.3, 0.4) is 0 Å². The summed E-state index contributed by atoms with van der Waals surface area (Å²) in [5.41, 5.74) is 1.88. The number of anilines is 1. The zero-order valence-corrected chi connectivity index (χ0v) is 25.7. The van der Waals surface area contributed by atoms with Gasteiger partial charge in [-0.05, 0) is 43.7 Å². The summed E-state index contributed by atoms with van der Waals surface area (Å²) in [6, 6.07) is 15.4. The normalized spacial score (nSPS) is 11.7. The molecule has 0 heterocycles. The molecule has 0 aliphatic carbocycles. The molecule has 0 spiro atoms. The van der Waals surface area contributed by atoms with Gasteiger partial charge in [0, 0.05) is 25.7 Å². The molecule has 0 aliphatic heterocycles. The van der Waals surface area contributed by atoms with Crippen LogP contribution in [0.5, 0.6) is 23.0 Å². The Morgan fingerprint density at radius 2 is 1.45 bits per heavy atom. The second kappa shape index (κ2) is 13.9. The maximum atomic E-state index is 14.3. The number of sulfonamides is 1. The smallest absolute Gasteiger partial charge is 0.265 e. The van der Waals surface area contributed by atoms with Crippen molar-refractivity contribution in [1.82, 2.24) is 10.2 Å². The molecule has 2 amide bonds. The van der Waals surface area contributed by atoms with E-state index in [4.69, 9.17) is 18.9 Å². The van der Waals surface area contributed by atoms with Gasteiger partial charge >= 0.3 is 0 Å². The van der Waals surface area contributed by atoms with E-state index in [1.165, 1.54) is 64.7 Å². The second-order valence-corrected chi connectivity index (χ2v) is 11.2. The molecule has 11 nitrogen and oxygen atoms in total. The predicted molar refractivity (Wildman–Crippen MR) is 159 cm³/mol. The lowest BCUT2D eigenvalue weighted by Gasteiger charge is -2.32. The number of aryl methyl sites for hydroxylation is 1. The molecule has 3 rings (SSSR count). The maximum Gasteiger partial charge on any atom is 0.265 e. The van der Waals surface area contributed by atoms with Crippen molar-refractivity contribution in [1.29, 1.82) is 0 Å². The lowest BCUT2D eigenvalue weighted by molar-refractivity contribution is -0.139. The van der Waals surface area contributed by atoms with Crippen molar-refractivity contribution in [3.63, 3.8) is 0 Å². The van der Waals surface area contributed by atoms with Crippen molar-refractivity contribution in [2.45, 2.75) is 31.3 Å². The third-order valence-corrected chi connectivity index (χ3v) is 8.52. The number of carbonyl (C=O) groups excluding carboxylic acids is 2. The molecular formula is C30H37N3O8S. The summed E-state index contributed by atoms with van der Waals surface area (Å²) in [4.78, 5) is 27.9. The van der Waals surface area contributed by atoms with E-state index in [0.29, 0.717) is 11.5 Å². The molecule has 0 aromatic heterocycles. The summed E-state index contributed by atoms with van der Waals surface area (Å²) in [6.45, 7) is 2.96. The Bertz CT molecular complexity index is 1510. The number of hydrogen-bond acceptors (Lipinski definition) is 8. The van der Waals surface area contributed by atoms with Crippen molar-refractivity contribution in [3.05, 3.63) is 71.8 Å². The molecule has 42 heavy (non-hydrogen) atoms. The fraction of sp³-hybridized carbons (Fsp3) is 0.333. The van der Waals surface area contributed by atoms with E-state index in [2.05, 4.69) is 5.32 Å². The minimum atomic E-state index is -4.41. The van der Waals surface area contributed by atoms with Gasteiger partial charge in [-0.2, -0.15) is 0 Å². The lowest BCUT2D eigenvalue weighted by atomic mass is 10.1. The van der Waals surface area contributed by atoms with Crippen LogP contribution < -0.4 is 28.6 Å². The first-order chi connectivity index (χ1) is 20.0. The SMILES string of the molecule is CNC(=O)C(C)N(Cc1ccc(C)cc1)C(=O)CN(c1cc(OC)ccc1OC)S(=O)(=O)c1ccc(OC)c(OC)c1. The Morgan fingerprint density at radius 1 is 0.833 bits per heavy atom. The van der Waals surface area contributed by atoms with Crippen LogP contribution in [0.15, 0.2) is 65.6 Å². The van der Waals surface area contributed by atoms with E-state index in [0.717, 1.165) is 15.4 Å². The van der Waals surface area contributed by atoms with E-state index < -0.39 is 34.4 Å². The van der Waals surface area contributed by atoms with Crippen molar-refractivity contribution < 1.29 is 37.0 Å². The summed E-state index contributed by atoms with van der Waals surface area (Å²) in [5.74, 6) is 0.0563. The number of rotatable bonds is 13. The topological polar surface area (TPSA) is 124 Å². The number of ether oxygens (including phenoxy) is 4. The fourth-order valence-electron chi connectivity index (χ4n) is 4.29. The van der Waals surface area contributed by atoms with Gasteiger partial charge in [-0.1, -0.05) is 29.8 Å². The molecule has 1 N–H and O–H groups in total. The van der Waals surface area contributed by atoms with Crippen molar-refractivity contribution >= 4 is 27.5 Å². The molecule has 1 unspecified atom stereocenters. The molecule has 0 saturated carbocycles. The Labute approximate surface area is 247 Å². The van der Waals surface area contributed by atoms with Crippen molar-refractivity contribution in [2.24, 2.45) is 0 Å². The highest BCUT2D eigenvalue weighted by Crippen LogP contribution is 2.37. The summed E-state index contributed by atoms with van der Waals surface area (Å²) in [7, 11) is 2.73. The van der Waals surface area contributed by atoms with Crippen LogP contribution in [-0.4, -0.2) is 73.2 Å². The van der Waals surface area contributed by atoms with Crippen LogP contribution in [-0.2, 0) is 26.2 Å². The first-order valence-electron chi connectivity index (χ1n) is 13.0. The van der Waals surface area contributed by atoms with Gasteiger partial charge in [0.05, 0.1) is 39.0 Å². The third kappa shape index (κ3) is 7.06. The number of hydrogen-bond donors (Lipinski definition) is 1. The van der Waals surface area contributed by atoms with Crippen LogP contribution >= 0.6 is 0 Å². The summed E-state index contributed by atoms with van der Waals surface area (Å²) in [5, 5.41) is 2.57. The van der Waals surface area contributed by atoms with E-state index in [9.17, 15) is 18.0 Å². The monoisotopic (exact) mass is 599 g/mol. The van der Waals surface area contributed by atoms with Crippen LogP contribution in [0.4, 0.5) is 5.69 Å². The van der Waals surface area contributed by atoms with Crippen LogP contribution in [0, 0.1) is 6.92 Å². The summed E-state index contributed by atoms with van der Waals surface area (Å²) < 4.78 is 50.9. The first-order valence-corrected chi connectivity index (χ1v) is 14.5. The largest absolute Gasteiger partial charge is 0.497 e. The summed E-state index contributed by atoms with van der Waals surface area (Å²) in [6.07, 6.45) is 0. The quantitative estimate of drug-likeness (QED) is 0.317. The van der Waals surface area contributed by atoms with E-state index in [-0.39, 0.29) is 28.6 Å². The minimum Gasteiger partial charge on any atom is -0.497 e. The van der Waals surface area contributed by atoms with Crippen molar-refractivity contribution in [3.8, 4) is 23.0 Å². The van der Waals surface area contributed by atoms with E-state index in [1.54, 1.807) is 19.1 Å². The average molecular weight is 600 g/mol. The number of nitrogens with zero attached hydrogens (tertiary/aromatic N) is 2. The van der Waals surface area contributed by atoms with Gasteiger partial charge in [0.1, 0.15) is 24.1 Å². The molecule has 1 atom stereocenters. The number of benzene rings is 3. The zero-order chi connectivity index (χ0) is 31.0. The average Bonchev–Trinajstić information content (AvgIpc) is 3.01. The molecule has 12 heteroatoms. The number of carbonyl (C=O) groups is 2. The van der Waals surface area contributed by atoms with Gasteiger partial charge < -0.3 is 29.2 Å². The zero-order valence-electron chi connectivity index (χ0n) is 24.8. The van der Waals surface area contributed by atoms with Gasteiger partial charge in [-0.15, -0.1) is 0 Å². The minimum absolute atomic E-state index is 0.0721. The highest BCUT2D eigenvalue weighted by atomic mass is 32.2. The second-order valence-electron chi connectivity index (χ2n) is 9.36. The molecule has 226 valence electrons. The number of likely N-dealkylation sites (N-methyl/N-ethyl adjacent to an activating group) is 1. The van der Waals surface area contributed by atoms with Crippen LogP contribution in [0.2, 0.25) is 0 Å². The molecule has 0 saturated heterocycles. The van der Waals surface area contributed by atoms with Gasteiger partial charge in [0.15, 0.2) is 11.5 Å². The van der Waals surface area contributed by atoms with Gasteiger partial charge in [-0.3, -0.25) is 13.9 Å².